The highest BCUT2D eigenvalue weighted by atomic mass is 15.0. The molecule has 0 spiro atoms. The van der Waals surface area contributed by atoms with Crippen LogP contribution in [0.2, 0.25) is 0 Å². The molecule has 3 N–H and O–H groups in total. The van der Waals surface area contributed by atoms with Gasteiger partial charge < -0.3 is 15.6 Å². The first-order valence-corrected chi connectivity index (χ1v) is 10.4. The van der Waals surface area contributed by atoms with Gasteiger partial charge in [0, 0.05) is 24.8 Å². The average Bonchev–Trinajstić information content (AvgIpc) is 2.83. The van der Waals surface area contributed by atoms with Gasteiger partial charge in [-0.25, -0.2) is 0 Å². The second-order valence-corrected chi connectivity index (χ2v) is 9.52. The van der Waals surface area contributed by atoms with E-state index in [1.807, 2.05) is 13.8 Å². The Labute approximate surface area is 163 Å². The number of anilines is 1. The van der Waals surface area contributed by atoms with Crippen LogP contribution in [0.1, 0.15) is 93.2 Å². The molecule has 0 unspecified atom stereocenters. The van der Waals surface area contributed by atoms with Crippen LogP contribution in [0, 0.1) is 10.8 Å². The molecule has 0 atom stereocenters. The van der Waals surface area contributed by atoms with Crippen molar-refractivity contribution in [1.82, 2.24) is 10.3 Å². The quantitative estimate of drug-likeness (QED) is 0.472. The Morgan fingerprint density at radius 1 is 1.00 bits per heavy atom. The molecule has 3 heterocycles. The number of aromatic amines is 1. The lowest BCUT2D eigenvalue weighted by Gasteiger charge is -2.14. The van der Waals surface area contributed by atoms with Crippen molar-refractivity contribution in [3.63, 3.8) is 0 Å². The zero-order valence-corrected chi connectivity index (χ0v) is 19.2. The van der Waals surface area contributed by atoms with Gasteiger partial charge in [-0.1, -0.05) is 81.7 Å². The fraction of sp³-hybridized carbons (Fsp3) is 0.739. The lowest BCUT2D eigenvalue weighted by Crippen LogP contribution is -2.11. The lowest BCUT2D eigenvalue weighted by atomic mass is 9.94. The van der Waals surface area contributed by atoms with Gasteiger partial charge in [0.25, 0.3) is 0 Å². The summed E-state index contributed by atoms with van der Waals surface area (Å²) in [5.41, 5.74) is 5.34. The highest BCUT2D eigenvalue weighted by molar-refractivity contribution is 5.80. The first kappa shape index (κ1) is 24.8. The molecule has 3 nitrogen and oxygen atoms in total. The molecule has 0 saturated heterocycles. The van der Waals surface area contributed by atoms with Crippen LogP contribution in [0.25, 0.3) is 5.57 Å². The van der Waals surface area contributed by atoms with Crippen molar-refractivity contribution in [1.29, 1.82) is 0 Å². The zero-order chi connectivity index (χ0) is 20.4. The third-order valence-corrected chi connectivity index (χ3v) is 3.86. The molecule has 0 aromatic carbocycles. The average molecular weight is 364 g/mol. The van der Waals surface area contributed by atoms with Crippen LogP contribution in [0.5, 0.6) is 0 Å². The number of H-pyrrole nitrogens is 1. The summed E-state index contributed by atoms with van der Waals surface area (Å²) in [6, 6.07) is 0. The molecule has 1 aromatic rings. The van der Waals surface area contributed by atoms with E-state index >= 15 is 0 Å². The number of nitrogens with one attached hydrogen (secondary N) is 3. The maximum atomic E-state index is 3.42. The largest absolute Gasteiger partial charge is 0.368 e. The van der Waals surface area contributed by atoms with Gasteiger partial charge in [0.15, 0.2) is 0 Å². The van der Waals surface area contributed by atoms with Crippen molar-refractivity contribution < 1.29 is 0 Å². The Morgan fingerprint density at radius 3 is 2.04 bits per heavy atom. The zero-order valence-electron chi connectivity index (χ0n) is 19.2. The van der Waals surface area contributed by atoms with Gasteiger partial charge in [-0.05, 0) is 34.9 Å². The van der Waals surface area contributed by atoms with E-state index < -0.39 is 0 Å². The minimum Gasteiger partial charge on any atom is -0.368 e. The molecular weight excluding hydrogens is 318 g/mol. The highest BCUT2D eigenvalue weighted by Gasteiger charge is 2.19. The Hall–Kier alpha value is -1.22. The van der Waals surface area contributed by atoms with Gasteiger partial charge in [0.1, 0.15) is 5.82 Å². The molecular formula is C23H45N3. The van der Waals surface area contributed by atoms with Gasteiger partial charge in [-0.15, -0.1) is 0 Å². The van der Waals surface area contributed by atoms with Crippen LogP contribution < -0.4 is 10.6 Å². The fourth-order valence-corrected chi connectivity index (χ4v) is 2.16. The monoisotopic (exact) mass is 363 g/mol. The van der Waals surface area contributed by atoms with Crippen molar-refractivity contribution in [3.8, 4) is 0 Å². The standard InChI is InChI=1S/C10H13N3.C6H14.C5H12.C2H6/c1-3-11-5-8-6-13-10-9(8)7(1)2-4-12-10;1-5-6(2,3)4;1-5(2,3)4;1-2/h2,6,11-13H,1,3-5H2;5H2,1-4H3;1-4H3;1-2H3. The van der Waals surface area contributed by atoms with Crippen LogP contribution >= 0.6 is 0 Å². The van der Waals surface area contributed by atoms with Crippen molar-refractivity contribution in [2.75, 3.05) is 18.4 Å². The SMILES string of the molecule is C1=C2CCNCc3c[nH]c(c32)NC1.CC.CC(C)(C)C.CCC(C)(C)C. The molecule has 1 aromatic heterocycles. The number of aromatic nitrogens is 1. The molecule has 0 amide bonds. The third kappa shape index (κ3) is 10.7. The topological polar surface area (TPSA) is 39.9 Å². The van der Waals surface area contributed by atoms with Gasteiger partial charge in [-0.2, -0.15) is 0 Å². The van der Waals surface area contributed by atoms with Crippen molar-refractivity contribution >= 4 is 11.4 Å². The normalized spacial score (nSPS) is 15.2. The summed E-state index contributed by atoms with van der Waals surface area (Å²) < 4.78 is 0. The van der Waals surface area contributed by atoms with E-state index in [9.17, 15) is 0 Å². The van der Waals surface area contributed by atoms with Crippen LogP contribution in [0.4, 0.5) is 5.82 Å². The summed E-state index contributed by atoms with van der Waals surface area (Å²) >= 11 is 0. The summed E-state index contributed by atoms with van der Waals surface area (Å²) in [5, 5.41) is 6.77. The molecule has 3 rings (SSSR count). The first-order valence-electron chi connectivity index (χ1n) is 10.4. The number of hydrogen-bond acceptors (Lipinski definition) is 2. The van der Waals surface area contributed by atoms with E-state index in [0.29, 0.717) is 10.8 Å². The Kier molecular flexibility index (Phi) is 10.9. The van der Waals surface area contributed by atoms with Gasteiger partial charge >= 0.3 is 0 Å². The van der Waals surface area contributed by atoms with Crippen LogP contribution in [-0.4, -0.2) is 18.1 Å². The van der Waals surface area contributed by atoms with Crippen molar-refractivity contribution in [2.45, 2.75) is 88.6 Å². The lowest BCUT2D eigenvalue weighted by molar-refractivity contribution is 0.398. The third-order valence-electron chi connectivity index (χ3n) is 3.86. The van der Waals surface area contributed by atoms with Gasteiger partial charge in [-0.3, -0.25) is 0 Å². The van der Waals surface area contributed by atoms with E-state index in [1.54, 1.807) is 0 Å². The number of rotatable bonds is 0. The van der Waals surface area contributed by atoms with Gasteiger partial charge in [0.05, 0.1) is 0 Å². The maximum absolute atomic E-state index is 3.42. The molecule has 0 bridgehead atoms. The summed E-state index contributed by atoms with van der Waals surface area (Å²) in [6.07, 6.45) is 6.83. The summed E-state index contributed by atoms with van der Waals surface area (Å²) in [4.78, 5) is 3.28. The molecule has 0 radical (unpaired) electrons. The molecule has 2 aliphatic heterocycles. The van der Waals surface area contributed by atoms with E-state index in [2.05, 4.69) is 83.3 Å². The second-order valence-electron chi connectivity index (χ2n) is 9.52. The van der Waals surface area contributed by atoms with Crippen molar-refractivity contribution in [3.05, 3.63) is 23.4 Å². The summed E-state index contributed by atoms with van der Waals surface area (Å²) in [5.74, 6) is 1.20. The molecule has 0 aliphatic carbocycles. The maximum Gasteiger partial charge on any atom is 0.111 e. The number of hydrogen-bond donors (Lipinski definition) is 3. The smallest absolute Gasteiger partial charge is 0.111 e. The minimum absolute atomic E-state index is 0.500. The van der Waals surface area contributed by atoms with E-state index in [1.165, 1.54) is 28.9 Å². The predicted molar refractivity (Wildman–Crippen MR) is 120 cm³/mol. The molecule has 152 valence electrons. The Balaban J connectivity index is 0.000000409. The molecule has 0 fully saturated rings. The highest BCUT2D eigenvalue weighted by Crippen LogP contribution is 2.33. The molecule has 26 heavy (non-hydrogen) atoms. The van der Waals surface area contributed by atoms with Gasteiger partial charge in [0.2, 0.25) is 0 Å². The van der Waals surface area contributed by atoms with E-state index in [-0.39, 0.29) is 0 Å². The second kappa shape index (κ2) is 11.5. The summed E-state index contributed by atoms with van der Waals surface area (Å²) in [6.45, 7) is 24.7. The molecule has 0 saturated carbocycles. The predicted octanol–water partition coefficient (Wildman–Crippen LogP) is 6.84. The van der Waals surface area contributed by atoms with E-state index in [0.717, 1.165) is 26.1 Å². The van der Waals surface area contributed by atoms with Crippen LogP contribution in [-0.2, 0) is 6.54 Å². The minimum atomic E-state index is 0.500. The molecule has 3 heteroatoms. The van der Waals surface area contributed by atoms with Crippen LogP contribution in [0.15, 0.2) is 12.3 Å². The first-order chi connectivity index (χ1) is 12.0. The Bertz CT molecular complexity index is 519. The fourth-order valence-electron chi connectivity index (χ4n) is 2.16. The summed E-state index contributed by atoms with van der Waals surface area (Å²) in [7, 11) is 0. The van der Waals surface area contributed by atoms with E-state index in [4.69, 9.17) is 0 Å². The van der Waals surface area contributed by atoms with Crippen molar-refractivity contribution in [2.24, 2.45) is 10.8 Å². The molecule has 2 aliphatic rings. The van der Waals surface area contributed by atoms with Crippen LogP contribution in [0.3, 0.4) is 0 Å². The Morgan fingerprint density at radius 2 is 1.54 bits per heavy atom.